The van der Waals surface area contributed by atoms with Crippen LogP contribution in [-0.4, -0.2) is 12.6 Å². The highest BCUT2D eigenvalue weighted by Crippen LogP contribution is 2.33. The molecule has 5 heteroatoms. The van der Waals surface area contributed by atoms with E-state index in [4.69, 9.17) is 4.74 Å². The van der Waals surface area contributed by atoms with Crippen LogP contribution >= 0.6 is 0 Å². The third-order valence-electron chi connectivity index (χ3n) is 2.54. The molecule has 0 radical (unpaired) electrons. The summed E-state index contributed by atoms with van der Waals surface area (Å²) >= 11 is 0. The lowest BCUT2D eigenvalue weighted by Crippen LogP contribution is -2.07. The van der Waals surface area contributed by atoms with Crippen LogP contribution in [0.3, 0.4) is 0 Å². The molecule has 0 saturated carbocycles. The molecule has 1 aliphatic heterocycles. The third kappa shape index (κ3) is 2.18. The molecule has 0 aromatic heterocycles. The van der Waals surface area contributed by atoms with E-state index in [-0.39, 0.29) is 24.9 Å². The van der Waals surface area contributed by atoms with Gasteiger partial charge in [-0.05, 0) is 11.6 Å². The summed E-state index contributed by atoms with van der Waals surface area (Å²) in [4.78, 5) is 10.9. The van der Waals surface area contributed by atoms with Gasteiger partial charge in [-0.15, -0.1) is 0 Å². The molecular weight excluding hydrogens is 221 g/mol. The van der Waals surface area contributed by atoms with Crippen LogP contribution in [0.25, 0.3) is 0 Å². The number of rotatable bonds is 1. The molecule has 1 saturated heterocycles. The molecule has 0 N–H and O–H groups in total. The van der Waals surface area contributed by atoms with Crippen molar-refractivity contribution in [1.82, 2.24) is 0 Å². The Bertz CT molecular complexity index is 412. The van der Waals surface area contributed by atoms with Crippen LogP contribution in [0.5, 0.6) is 0 Å². The first-order valence-corrected chi connectivity index (χ1v) is 4.79. The summed E-state index contributed by atoms with van der Waals surface area (Å²) in [5.74, 6) is -0.614. The minimum atomic E-state index is -4.35. The van der Waals surface area contributed by atoms with Gasteiger partial charge in [0.25, 0.3) is 0 Å². The molecule has 1 heterocycles. The van der Waals surface area contributed by atoms with Gasteiger partial charge >= 0.3 is 12.1 Å². The van der Waals surface area contributed by atoms with Gasteiger partial charge < -0.3 is 4.74 Å². The fourth-order valence-corrected chi connectivity index (χ4v) is 1.70. The first-order chi connectivity index (χ1) is 7.47. The molecule has 1 aliphatic rings. The third-order valence-corrected chi connectivity index (χ3v) is 2.54. The summed E-state index contributed by atoms with van der Waals surface area (Å²) in [7, 11) is 0. The monoisotopic (exact) mass is 230 g/mol. The number of hydrogen-bond acceptors (Lipinski definition) is 2. The Morgan fingerprint density at radius 2 is 2.06 bits per heavy atom. The zero-order valence-electron chi connectivity index (χ0n) is 8.25. The number of carbonyl (C=O) groups is 1. The number of halogens is 3. The predicted octanol–water partition coefficient (Wildman–Crippen LogP) is 2.74. The van der Waals surface area contributed by atoms with Gasteiger partial charge in [0.1, 0.15) is 0 Å². The van der Waals surface area contributed by atoms with Gasteiger partial charge in [-0.2, -0.15) is 13.2 Å². The number of carbonyl (C=O) groups excluding carboxylic acids is 1. The summed E-state index contributed by atoms with van der Waals surface area (Å²) in [5, 5.41) is 0. The van der Waals surface area contributed by atoms with E-state index in [0.717, 1.165) is 12.1 Å². The molecule has 0 aliphatic carbocycles. The molecule has 1 aromatic carbocycles. The highest BCUT2D eigenvalue weighted by molar-refractivity contribution is 5.72. The highest BCUT2D eigenvalue weighted by atomic mass is 19.4. The standard InChI is InChI=1S/C11H9F3O2/c12-11(13,14)9-3-1-2-7(4-9)8-5-10(15)16-6-8/h1-4,8H,5-6H2/t8-/m0/s1. The first-order valence-electron chi connectivity index (χ1n) is 4.79. The fourth-order valence-electron chi connectivity index (χ4n) is 1.70. The number of benzene rings is 1. The Morgan fingerprint density at radius 1 is 1.31 bits per heavy atom. The van der Waals surface area contributed by atoms with Crippen LogP contribution in [0.4, 0.5) is 13.2 Å². The molecule has 0 unspecified atom stereocenters. The topological polar surface area (TPSA) is 26.3 Å². The van der Waals surface area contributed by atoms with Crippen molar-refractivity contribution in [2.75, 3.05) is 6.61 Å². The number of esters is 1. The number of alkyl halides is 3. The van der Waals surface area contributed by atoms with E-state index in [1.807, 2.05) is 0 Å². The van der Waals surface area contributed by atoms with Crippen molar-refractivity contribution in [1.29, 1.82) is 0 Å². The quantitative estimate of drug-likeness (QED) is 0.693. The van der Waals surface area contributed by atoms with Gasteiger partial charge in [0.15, 0.2) is 0 Å². The van der Waals surface area contributed by atoms with Crippen LogP contribution in [0.15, 0.2) is 24.3 Å². The van der Waals surface area contributed by atoms with E-state index >= 15 is 0 Å². The Labute approximate surface area is 90.0 Å². The molecule has 2 nitrogen and oxygen atoms in total. The second-order valence-electron chi connectivity index (χ2n) is 3.71. The summed E-state index contributed by atoms with van der Waals surface area (Å²) in [6, 6.07) is 5.02. The Kier molecular flexibility index (Phi) is 2.61. The van der Waals surface area contributed by atoms with Gasteiger partial charge in [0.2, 0.25) is 0 Å². The maximum Gasteiger partial charge on any atom is 0.416 e. The van der Waals surface area contributed by atoms with Crippen molar-refractivity contribution >= 4 is 5.97 Å². The zero-order chi connectivity index (χ0) is 11.8. The second-order valence-corrected chi connectivity index (χ2v) is 3.71. The Balaban J connectivity index is 2.26. The smallest absolute Gasteiger partial charge is 0.416 e. The Hall–Kier alpha value is -1.52. The molecule has 1 atom stereocenters. The van der Waals surface area contributed by atoms with Crippen LogP contribution in [0.2, 0.25) is 0 Å². The van der Waals surface area contributed by atoms with E-state index in [2.05, 4.69) is 0 Å². The summed E-state index contributed by atoms with van der Waals surface area (Å²) in [6.07, 6.45) is -4.19. The second kappa shape index (κ2) is 3.81. The van der Waals surface area contributed by atoms with Gasteiger partial charge in [0, 0.05) is 5.92 Å². The van der Waals surface area contributed by atoms with E-state index < -0.39 is 11.7 Å². The predicted molar refractivity (Wildman–Crippen MR) is 49.8 cm³/mol. The van der Waals surface area contributed by atoms with Crippen molar-refractivity contribution in [2.45, 2.75) is 18.5 Å². The van der Waals surface area contributed by atoms with Gasteiger partial charge in [-0.25, -0.2) is 0 Å². The molecule has 2 rings (SSSR count). The highest BCUT2D eigenvalue weighted by Gasteiger charge is 2.32. The minimum absolute atomic E-state index is 0.154. The lowest BCUT2D eigenvalue weighted by atomic mass is 9.96. The van der Waals surface area contributed by atoms with E-state index in [9.17, 15) is 18.0 Å². The number of hydrogen-bond donors (Lipinski definition) is 0. The van der Waals surface area contributed by atoms with Gasteiger partial charge in [-0.3, -0.25) is 4.79 Å². The SMILES string of the molecule is O=C1C[C@H](c2cccc(C(F)(F)F)c2)CO1. The number of ether oxygens (including phenoxy) is 1. The molecule has 1 aromatic rings. The number of cyclic esters (lactones) is 1. The van der Waals surface area contributed by atoms with Crippen molar-refractivity contribution in [3.05, 3.63) is 35.4 Å². The van der Waals surface area contributed by atoms with Crippen molar-refractivity contribution in [3.8, 4) is 0 Å². The van der Waals surface area contributed by atoms with E-state index in [0.29, 0.717) is 5.56 Å². The summed E-state index contributed by atoms with van der Waals surface area (Å²) in [6.45, 7) is 0.167. The minimum Gasteiger partial charge on any atom is -0.465 e. The molecule has 0 amide bonds. The molecule has 0 spiro atoms. The Morgan fingerprint density at radius 3 is 2.62 bits per heavy atom. The van der Waals surface area contributed by atoms with Crippen LogP contribution in [0.1, 0.15) is 23.5 Å². The van der Waals surface area contributed by atoms with Gasteiger partial charge in [-0.1, -0.05) is 18.2 Å². The summed E-state index contributed by atoms with van der Waals surface area (Å²) < 4.78 is 42.0. The molecule has 86 valence electrons. The first kappa shape index (κ1) is 11.0. The lowest BCUT2D eigenvalue weighted by molar-refractivity contribution is -0.138. The van der Waals surface area contributed by atoms with Crippen LogP contribution in [-0.2, 0) is 15.7 Å². The molecular formula is C11H9F3O2. The fraction of sp³-hybridized carbons (Fsp3) is 0.364. The van der Waals surface area contributed by atoms with Crippen LogP contribution < -0.4 is 0 Å². The maximum absolute atomic E-state index is 12.4. The van der Waals surface area contributed by atoms with Crippen molar-refractivity contribution < 1.29 is 22.7 Å². The average Bonchev–Trinajstić information content (AvgIpc) is 2.64. The van der Waals surface area contributed by atoms with E-state index in [1.54, 1.807) is 6.07 Å². The maximum atomic E-state index is 12.4. The van der Waals surface area contributed by atoms with Crippen molar-refractivity contribution in [2.24, 2.45) is 0 Å². The molecule has 16 heavy (non-hydrogen) atoms. The zero-order valence-corrected chi connectivity index (χ0v) is 8.25. The van der Waals surface area contributed by atoms with Crippen molar-refractivity contribution in [3.63, 3.8) is 0 Å². The lowest BCUT2D eigenvalue weighted by Gasteiger charge is -2.11. The largest absolute Gasteiger partial charge is 0.465 e. The molecule has 0 bridgehead atoms. The molecule has 1 fully saturated rings. The average molecular weight is 230 g/mol. The van der Waals surface area contributed by atoms with Crippen LogP contribution in [0, 0.1) is 0 Å². The van der Waals surface area contributed by atoms with Gasteiger partial charge in [0.05, 0.1) is 18.6 Å². The summed E-state index contributed by atoms with van der Waals surface area (Å²) in [5.41, 5.74) is -0.190. The van der Waals surface area contributed by atoms with E-state index in [1.165, 1.54) is 6.07 Å². The normalized spacial score (nSPS) is 20.9.